The molecule has 0 saturated heterocycles. The predicted molar refractivity (Wildman–Crippen MR) is 97.1 cm³/mol. The van der Waals surface area contributed by atoms with E-state index in [0.717, 1.165) is 27.4 Å². The molecule has 23 heavy (non-hydrogen) atoms. The lowest BCUT2D eigenvalue weighted by molar-refractivity contribution is 0.340. The van der Waals surface area contributed by atoms with Crippen molar-refractivity contribution in [2.24, 2.45) is 5.73 Å². The van der Waals surface area contributed by atoms with Gasteiger partial charge in [0.25, 0.3) is 0 Å². The van der Waals surface area contributed by atoms with Crippen molar-refractivity contribution in [1.82, 2.24) is 4.98 Å². The van der Waals surface area contributed by atoms with Gasteiger partial charge < -0.3 is 10.5 Å². The van der Waals surface area contributed by atoms with Crippen molar-refractivity contribution in [3.05, 3.63) is 58.4 Å². The van der Waals surface area contributed by atoms with Gasteiger partial charge in [-0.2, -0.15) is 0 Å². The number of nitrogens with two attached hydrogens (primary N) is 1. The largest absolute Gasteiger partial charge is 0.492 e. The standard InChI is InChI=1S/C18H17ClN2OS/c1-2-22-17-7-6-13(9-15(17)19)16-11-23-18(21-16)14-5-3-4-12(8-14)10-20/h3-9,11H,2,10,20H2,1H3. The Kier molecular flexibility index (Phi) is 4.96. The first kappa shape index (κ1) is 16.0. The summed E-state index contributed by atoms with van der Waals surface area (Å²) in [6.45, 7) is 3.06. The lowest BCUT2D eigenvalue weighted by Gasteiger charge is -2.06. The van der Waals surface area contributed by atoms with E-state index in [-0.39, 0.29) is 0 Å². The van der Waals surface area contributed by atoms with Crippen molar-refractivity contribution in [1.29, 1.82) is 0 Å². The number of halogens is 1. The normalized spacial score (nSPS) is 10.7. The summed E-state index contributed by atoms with van der Waals surface area (Å²) in [5.74, 6) is 0.698. The van der Waals surface area contributed by atoms with Gasteiger partial charge in [0.05, 0.1) is 17.3 Å². The Balaban J connectivity index is 1.91. The van der Waals surface area contributed by atoms with Gasteiger partial charge in [-0.3, -0.25) is 0 Å². The highest BCUT2D eigenvalue weighted by atomic mass is 35.5. The van der Waals surface area contributed by atoms with E-state index >= 15 is 0 Å². The van der Waals surface area contributed by atoms with Crippen LogP contribution in [0.15, 0.2) is 47.8 Å². The molecule has 0 aliphatic heterocycles. The molecule has 0 saturated carbocycles. The van der Waals surface area contributed by atoms with E-state index < -0.39 is 0 Å². The highest BCUT2D eigenvalue weighted by molar-refractivity contribution is 7.13. The zero-order chi connectivity index (χ0) is 16.2. The van der Waals surface area contributed by atoms with Crippen LogP contribution in [0.3, 0.4) is 0 Å². The average molecular weight is 345 g/mol. The fraction of sp³-hybridized carbons (Fsp3) is 0.167. The van der Waals surface area contributed by atoms with E-state index in [1.54, 1.807) is 11.3 Å². The molecule has 0 atom stereocenters. The lowest BCUT2D eigenvalue weighted by atomic mass is 10.1. The van der Waals surface area contributed by atoms with Gasteiger partial charge in [-0.1, -0.05) is 29.8 Å². The number of hydrogen-bond donors (Lipinski definition) is 1. The molecule has 1 heterocycles. The molecule has 0 amide bonds. The minimum Gasteiger partial charge on any atom is -0.492 e. The Labute approximate surface area is 144 Å². The summed E-state index contributed by atoms with van der Waals surface area (Å²) in [5.41, 5.74) is 9.78. The SMILES string of the molecule is CCOc1ccc(-c2csc(-c3cccc(CN)c3)n2)cc1Cl. The first-order chi connectivity index (χ1) is 11.2. The Bertz CT molecular complexity index is 816. The summed E-state index contributed by atoms with van der Waals surface area (Å²) in [7, 11) is 0. The van der Waals surface area contributed by atoms with Crippen molar-refractivity contribution < 1.29 is 4.74 Å². The number of benzene rings is 2. The lowest BCUT2D eigenvalue weighted by Crippen LogP contribution is -1.95. The molecule has 2 aromatic carbocycles. The van der Waals surface area contributed by atoms with Crippen molar-refractivity contribution >= 4 is 22.9 Å². The summed E-state index contributed by atoms with van der Waals surface area (Å²) in [6, 6.07) is 13.9. The number of aromatic nitrogens is 1. The second kappa shape index (κ2) is 7.13. The van der Waals surface area contributed by atoms with E-state index in [0.29, 0.717) is 23.9 Å². The highest BCUT2D eigenvalue weighted by Gasteiger charge is 2.09. The maximum absolute atomic E-state index is 6.26. The number of thiazole rings is 1. The highest BCUT2D eigenvalue weighted by Crippen LogP contribution is 2.33. The Morgan fingerprint density at radius 2 is 2.04 bits per heavy atom. The molecule has 0 bridgehead atoms. The number of ether oxygens (including phenoxy) is 1. The maximum Gasteiger partial charge on any atom is 0.137 e. The molecular weight excluding hydrogens is 328 g/mol. The van der Waals surface area contributed by atoms with E-state index in [9.17, 15) is 0 Å². The first-order valence-electron chi connectivity index (χ1n) is 7.39. The summed E-state index contributed by atoms with van der Waals surface area (Å²) in [6.07, 6.45) is 0. The van der Waals surface area contributed by atoms with Crippen LogP contribution in [0.25, 0.3) is 21.8 Å². The third-order valence-electron chi connectivity index (χ3n) is 3.44. The molecule has 3 nitrogen and oxygen atoms in total. The van der Waals surface area contributed by atoms with Gasteiger partial charge in [-0.05, 0) is 36.8 Å². The number of nitrogens with zero attached hydrogens (tertiary/aromatic N) is 1. The molecule has 118 valence electrons. The molecule has 1 aromatic heterocycles. The molecule has 5 heteroatoms. The minimum absolute atomic E-state index is 0.528. The van der Waals surface area contributed by atoms with Crippen molar-refractivity contribution in [3.63, 3.8) is 0 Å². The van der Waals surface area contributed by atoms with Crippen LogP contribution in [-0.2, 0) is 6.54 Å². The van der Waals surface area contributed by atoms with Crippen LogP contribution in [0.2, 0.25) is 5.02 Å². The molecule has 0 aliphatic rings. The van der Waals surface area contributed by atoms with Crippen molar-refractivity contribution in [2.45, 2.75) is 13.5 Å². The fourth-order valence-electron chi connectivity index (χ4n) is 2.30. The zero-order valence-corrected chi connectivity index (χ0v) is 14.3. The molecule has 0 radical (unpaired) electrons. The quantitative estimate of drug-likeness (QED) is 0.709. The van der Waals surface area contributed by atoms with E-state index in [2.05, 4.69) is 6.07 Å². The van der Waals surface area contributed by atoms with E-state index in [4.69, 9.17) is 27.1 Å². The average Bonchev–Trinajstić information content (AvgIpc) is 3.07. The third kappa shape index (κ3) is 3.55. The smallest absolute Gasteiger partial charge is 0.137 e. The Morgan fingerprint density at radius 1 is 1.17 bits per heavy atom. The second-order valence-electron chi connectivity index (χ2n) is 5.02. The van der Waals surface area contributed by atoms with Gasteiger partial charge in [-0.25, -0.2) is 4.98 Å². The van der Waals surface area contributed by atoms with Gasteiger partial charge in [0.2, 0.25) is 0 Å². The Hall–Kier alpha value is -1.88. The maximum atomic E-state index is 6.26. The van der Waals surface area contributed by atoms with E-state index in [1.807, 2.05) is 48.7 Å². The van der Waals surface area contributed by atoms with Crippen molar-refractivity contribution in [3.8, 4) is 27.6 Å². The Morgan fingerprint density at radius 3 is 2.78 bits per heavy atom. The predicted octanol–water partition coefficient (Wildman–Crippen LogP) is 4.99. The monoisotopic (exact) mass is 344 g/mol. The minimum atomic E-state index is 0.528. The topological polar surface area (TPSA) is 48.1 Å². The molecule has 0 fully saturated rings. The number of rotatable bonds is 5. The van der Waals surface area contributed by atoms with Crippen LogP contribution in [0, 0.1) is 0 Å². The van der Waals surface area contributed by atoms with Crippen LogP contribution in [-0.4, -0.2) is 11.6 Å². The summed E-state index contributed by atoms with van der Waals surface area (Å²) < 4.78 is 5.47. The molecular formula is C18H17ClN2OS. The van der Waals surface area contributed by atoms with Crippen LogP contribution >= 0.6 is 22.9 Å². The zero-order valence-electron chi connectivity index (χ0n) is 12.8. The van der Waals surface area contributed by atoms with Crippen LogP contribution in [0.4, 0.5) is 0 Å². The van der Waals surface area contributed by atoms with Gasteiger partial charge in [0, 0.05) is 23.1 Å². The molecule has 3 rings (SSSR count). The molecule has 3 aromatic rings. The number of hydrogen-bond acceptors (Lipinski definition) is 4. The van der Waals surface area contributed by atoms with Crippen molar-refractivity contribution in [2.75, 3.05) is 6.61 Å². The molecule has 0 aliphatic carbocycles. The molecule has 0 spiro atoms. The van der Waals surface area contributed by atoms with Crippen LogP contribution < -0.4 is 10.5 Å². The van der Waals surface area contributed by atoms with Gasteiger partial charge in [0.15, 0.2) is 0 Å². The van der Waals surface area contributed by atoms with E-state index in [1.165, 1.54) is 0 Å². The third-order valence-corrected chi connectivity index (χ3v) is 4.63. The fourth-order valence-corrected chi connectivity index (χ4v) is 3.36. The summed E-state index contributed by atoms with van der Waals surface area (Å²) in [4.78, 5) is 4.72. The molecule has 2 N–H and O–H groups in total. The first-order valence-corrected chi connectivity index (χ1v) is 8.64. The van der Waals surface area contributed by atoms with Crippen LogP contribution in [0.1, 0.15) is 12.5 Å². The van der Waals surface area contributed by atoms with Crippen LogP contribution in [0.5, 0.6) is 5.75 Å². The van der Waals surface area contributed by atoms with Gasteiger partial charge in [0.1, 0.15) is 10.8 Å². The summed E-state index contributed by atoms with van der Waals surface area (Å²) >= 11 is 7.87. The van der Waals surface area contributed by atoms with Gasteiger partial charge >= 0.3 is 0 Å². The van der Waals surface area contributed by atoms with Gasteiger partial charge in [-0.15, -0.1) is 11.3 Å². The summed E-state index contributed by atoms with van der Waals surface area (Å²) in [5, 5.41) is 3.61. The second-order valence-corrected chi connectivity index (χ2v) is 6.29. The molecule has 0 unspecified atom stereocenters.